The van der Waals surface area contributed by atoms with E-state index in [2.05, 4.69) is 15.1 Å². The normalized spacial score (nSPS) is 20.6. The van der Waals surface area contributed by atoms with Gasteiger partial charge in [0.15, 0.2) is 5.82 Å². The van der Waals surface area contributed by atoms with Crippen LogP contribution in [0.3, 0.4) is 0 Å². The van der Waals surface area contributed by atoms with Crippen molar-refractivity contribution in [3.63, 3.8) is 0 Å². The molecule has 0 N–H and O–H groups in total. The molecule has 3 rings (SSSR count). The fourth-order valence-corrected chi connectivity index (χ4v) is 3.29. The molecule has 0 aliphatic carbocycles. The molecule has 0 saturated carbocycles. The fraction of sp³-hybridized carbons (Fsp3) is 0.529. The van der Waals surface area contributed by atoms with Crippen molar-refractivity contribution >= 4 is 0 Å². The lowest BCUT2D eigenvalue weighted by atomic mass is 10.00. The average molecular weight is 354 g/mol. The second kappa shape index (κ2) is 7.13. The van der Waals surface area contributed by atoms with Crippen LogP contribution in [0.15, 0.2) is 30.6 Å². The maximum absolute atomic E-state index is 12.8. The zero-order valence-corrected chi connectivity index (χ0v) is 14.2. The van der Waals surface area contributed by atoms with Gasteiger partial charge in [-0.15, -0.1) is 10.2 Å². The lowest BCUT2D eigenvalue weighted by Gasteiger charge is -2.37. The summed E-state index contributed by atoms with van der Waals surface area (Å²) in [6.45, 7) is 3.95. The number of aromatic nitrogens is 3. The third-order valence-electron chi connectivity index (χ3n) is 4.58. The van der Waals surface area contributed by atoms with Gasteiger partial charge in [-0.3, -0.25) is 4.90 Å². The van der Waals surface area contributed by atoms with Gasteiger partial charge in [-0.05, 0) is 24.1 Å². The Bertz CT molecular complexity index is 699. The molecule has 136 valence electrons. The second-order valence-corrected chi connectivity index (χ2v) is 6.20. The number of nitrogens with zero attached hydrogens (tertiary/aromatic N) is 4. The predicted molar refractivity (Wildman–Crippen MR) is 85.7 cm³/mol. The molecule has 2 aromatic rings. The molecule has 0 bridgehead atoms. The minimum absolute atomic E-state index is 0.0434. The third kappa shape index (κ3) is 3.85. The minimum atomic E-state index is -4.31. The summed E-state index contributed by atoms with van der Waals surface area (Å²) in [5.41, 5.74) is 0.263. The highest BCUT2D eigenvalue weighted by molar-refractivity contribution is 5.27. The van der Waals surface area contributed by atoms with E-state index in [9.17, 15) is 13.2 Å². The molecular formula is C17H21F3N4O. The van der Waals surface area contributed by atoms with Crippen molar-refractivity contribution in [3.8, 4) is 0 Å². The Labute approximate surface area is 144 Å². The number of hydrogen-bond donors (Lipinski definition) is 0. The van der Waals surface area contributed by atoms with Crippen LogP contribution in [-0.2, 0) is 18.0 Å². The Morgan fingerprint density at radius 1 is 1.28 bits per heavy atom. The molecule has 0 amide bonds. The third-order valence-corrected chi connectivity index (χ3v) is 4.58. The first-order valence-corrected chi connectivity index (χ1v) is 8.27. The number of alkyl halides is 3. The first-order valence-electron chi connectivity index (χ1n) is 8.27. The van der Waals surface area contributed by atoms with Crippen LogP contribution in [0.2, 0.25) is 0 Å². The smallest absolute Gasteiger partial charge is 0.368 e. The van der Waals surface area contributed by atoms with Gasteiger partial charge >= 0.3 is 6.18 Å². The summed E-state index contributed by atoms with van der Waals surface area (Å²) >= 11 is 0. The molecule has 2 atom stereocenters. The van der Waals surface area contributed by atoms with Crippen LogP contribution in [0, 0.1) is 0 Å². The summed E-state index contributed by atoms with van der Waals surface area (Å²) in [7, 11) is 1.87. The van der Waals surface area contributed by atoms with Gasteiger partial charge in [-0.1, -0.05) is 19.1 Å². The largest absolute Gasteiger partial charge is 0.416 e. The van der Waals surface area contributed by atoms with Crippen molar-refractivity contribution in [3.05, 3.63) is 47.5 Å². The number of aryl methyl sites for hydroxylation is 1. The highest BCUT2D eigenvalue weighted by atomic mass is 19.4. The first-order chi connectivity index (χ1) is 11.9. The SMILES string of the molecule is CCC(c1ccc(C(F)(F)F)cc1)N1CCOC(c2nncn2C)C1. The van der Waals surface area contributed by atoms with Crippen LogP contribution >= 0.6 is 0 Å². The van der Waals surface area contributed by atoms with Crippen LogP contribution in [0.5, 0.6) is 0 Å². The number of benzene rings is 1. The Morgan fingerprint density at radius 2 is 2.00 bits per heavy atom. The molecule has 1 aromatic heterocycles. The standard InChI is InChI=1S/C17H21F3N4O/c1-3-14(12-4-6-13(7-5-12)17(18,19)20)24-8-9-25-15(10-24)16-22-21-11-23(16)2/h4-7,11,14-15H,3,8-10H2,1-2H3. The summed E-state index contributed by atoms with van der Waals surface area (Å²) in [4.78, 5) is 2.24. The lowest BCUT2D eigenvalue weighted by Crippen LogP contribution is -2.41. The highest BCUT2D eigenvalue weighted by Crippen LogP contribution is 2.33. The van der Waals surface area contributed by atoms with E-state index in [0.717, 1.165) is 36.5 Å². The van der Waals surface area contributed by atoms with Crippen molar-refractivity contribution < 1.29 is 17.9 Å². The van der Waals surface area contributed by atoms with E-state index in [4.69, 9.17) is 4.74 Å². The minimum Gasteiger partial charge on any atom is -0.368 e. The molecule has 2 unspecified atom stereocenters. The Hall–Kier alpha value is -1.93. The molecule has 1 saturated heterocycles. The number of halogens is 3. The lowest BCUT2D eigenvalue weighted by molar-refractivity contribution is -0.137. The van der Waals surface area contributed by atoms with Gasteiger partial charge in [0.25, 0.3) is 0 Å². The molecule has 1 aliphatic heterocycles. The maximum Gasteiger partial charge on any atom is 0.416 e. The van der Waals surface area contributed by atoms with Crippen LogP contribution in [0.1, 0.15) is 42.4 Å². The van der Waals surface area contributed by atoms with E-state index < -0.39 is 11.7 Å². The summed E-state index contributed by atoms with van der Waals surface area (Å²) in [6, 6.07) is 5.49. The molecule has 25 heavy (non-hydrogen) atoms. The Balaban J connectivity index is 1.77. The number of morpholine rings is 1. The predicted octanol–water partition coefficient (Wildman–Crippen LogP) is 3.36. The molecule has 1 aliphatic rings. The van der Waals surface area contributed by atoms with E-state index in [-0.39, 0.29) is 12.1 Å². The van der Waals surface area contributed by atoms with Crippen molar-refractivity contribution in [2.24, 2.45) is 7.05 Å². The number of ether oxygens (including phenoxy) is 1. The molecular weight excluding hydrogens is 333 g/mol. The summed E-state index contributed by atoms with van der Waals surface area (Å²) in [5.74, 6) is 0.756. The van der Waals surface area contributed by atoms with Crippen LogP contribution in [0.25, 0.3) is 0 Å². The van der Waals surface area contributed by atoms with Crippen molar-refractivity contribution in [1.29, 1.82) is 0 Å². The molecule has 8 heteroatoms. The zero-order chi connectivity index (χ0) is 18.0. The first kappa shape index (κ1) is 17.9. The van der Waals surface area contributed by atoms with Gasteiger partial charge in [-0.2, -0.15) is 13.2 Å². The molecule has 1 fully saturated rings. The summed E-state index contributed by atoms with van der Waals surface area (Å²) in [6.07, 6.45) is -2.07. The van der Waals surface area contributed by atoms with Crippen molar-refractivity contribution in [1.82, 2.24) is 19.7 Å². The zero-order valence-electron chi connectivity index (χ0n) is 14.2. The molecule has 5 nitrogen and oxygen atoms in total. The van der Waals surface area contributed by atoms with Crippen LogP contribution in [-0.4, -0.2) is 39.4 Å². The van der Waals surface area contributed by atoms with Crippen LogP contribution in [0.4, 0.5) is 13.2 Å². The van der Waals surface area contributed by atoms with E-state index in [1.54, 1.807) is 18.5 Å². The quantitative estimate of drug-likeness (QED) is 0.844. The molecule has 2 heterocycles. The van der Waals surface area contributed by atoms with E-state index in [0.29, 0.717) is 13.2 Å². The monoisotopic (exact) mass is 354 g/mol. The Kier molecular flexibility index (Phi) is 5.10. The van der Waals surface area contributed by atoms with E-state index in [1.165, 1.54) is 0 Å². The Morgan fingerprint density at radius 3 is 2.56 bits per heavy atom. The second-order valence-electron chi connectivity index (χ2n) is 6.20. The van der Waals surface area contributed by atoms with Gasteiger partial charge in [0.2, 0.25) is 0 Å². The fourth-order valence-electron chi connectivity index (χ4n) is 3.29. The maximum atomic E-state index is 12.8. The average Bonchev–Trinajstić information content (AvgIpc) is 3.02. The van der Waals surface area contributed by atoms with Gasteiger partial charge < -0.3 is 9.30 Å². The molecule has 1 aromatic carbocycles. The molecule has 0 radical (unpaired) electrons. The van der Waals surface area contributed by atoms with Gasteiger partial charge in [0.1, 0.15) is 12.4 Å². The number of rotatable bonds is 4. The van der Waals surface area contributed by atoms with E-state index in [1.807, 2.05) is 18.5 Å². The highest BCUT2D eigenvalue weighted by Gasteiger charge is 2.32. The van der Waals surface area contributed by atoms with Crippen LogP contribution < -0.4 is 0 Å². The van der Waals surface area contributed by atoms with Gasteiger partial charge in [0, 0.05) is 26.2 Å². The number of hydrogen-bond acceptors (Lipinski definition) is 4. The van der Waals surface area contributed by atoms with Crippen molar-refractivity contribution in [2.45, 2.75) is 31.7 Å². The summed E-state index contributed by atoms with van der Waals surface area (Å²) in [5, 5.41) is 7.99. The van der Waals surface area contributed by atoms with Gasteiger partial charge in [0.05, 0.1) is 12.2 Å². The van der Waals surface area contributed by atoms with E-state index >= 15 is 0 Å². The topological polar surface area (TPSA) is 43.2 Å². The summed E-state index contributed by atoms with van der Waals surface area (Å²) < 4.78 is 45.9. The van der Waals surface area contributed by atoms with Crippen molar-refractivity contribution in [2.75, 3.05) is 19.7 Å². The van der Waals surface area contributed by atoms with Gasteiger partial charge in [-0.25, -0.2) is 0 Å². The molecule has 0 spiro atoms.